The van der Waals surface area contributed by atoms with Gasteiger partial charge in [-0.15, -0.1) is 0 Å². The molecule has 3 nitrogen and oxygen atoms in total. The predicted molar refractivity (Wildman–Crippen MR) is 49.4 cm³/mol. The van der Waals surface area contributed by atoms with Gasteiger partial charge in [-0.25, -0.2) is 0 Å². The van der Waals surface area contributed by atoms with Gasteiger partial charge in [0.1, 0.15) is 0 Å². The lowest BCUT2D eigenvalue weighted by Crippen LogP contribution is -2.39. The zero-order chi connectivity index (χ0) is 10.1. The van der Waals surface area contributed by atoms with Crippen LogP contribution in [-0.2, 0) is 14.3 Å². The lowest BCUT2D eigenvalue weighted by Gasteiger charge is -2.35. The third-order valence-electron chi connectivity index (χ3n) is 2.89. The molecule has 1 rings (SSSR count). The highest BCUT2D eigenvalue weighted by Gasteiger charge is 2.38. The molecule has 1 aliphatic carbocycles. The Kier molecular flexibility index (Phi) is 2.88. The minimum absolute atomic E-state index is 0.197. The molecule has 3 heteroatoms. The van der Waals surface area contributed by atoms with E-state index in [1.54, 1.807) is 14.2 Å². The van der Waals surface area contributed by atoms with Crippen molar-refractivity contribution in [3.8, 4) is 0 Å². The van der Waals surface area contributed by atoms with Gasteiger partial charge >= 0.3 is 0 Å². The number of methoxy groups -OCH3 is 2. The Labute approximate surface area is 78.7 Å². The van der Waals surface area contributed by atoms with Crippen molar-refractivity contribution >= 4 is 5.78 Å². The number of hydrogen-bond donors (Lipinski definition) is 0. The van der Waals surface area contributed by atoms with E-state index in [9.17, 15) is 4.79 Å². The van der Waals surface area contributed by atoms with Gasteiger partial charge in [-0.1, -0.05) is 0 Å². The first-order valence-corrected chi connectivity index (χ1v) is 4.39. The summed E-state index contributed by atoms with van der Waals surface area (Å²) in [6, 6.07) is 0. The fourth-order valence-corrected chi connectivity index (χ4v) is 1.74. The molecule has 0 unspecified atom stereocenters. The van der Waals surface area contributed by atoms with Crippen LogP contribution in [0.25, 0.3) is 0 Å². The van der Waals surface area contributed by atoms with Crippen molar-refractivity contribution in [2.45, 2.75) is 32.5 Å². The Balaban J connectivity index is 3.09. The van der Waals surface area contributed by atoms with Crippen LogP contribution in [0.3, 0.4) is 0 Å². The number of ether oxygens (including phenoxy) is 2. The maximum absolute atomic E-state index is 11.4. The molecule has 0 aromatic carbocycles. The van der Waals surface area contributed by atoms with Gasteiger partial charge in [-0.2, -0.15) is 0 Å². The van der Waals surface area contributed by atoms with E-state index in [-0.39, 0.29) is 5.78 Å². The molecule has 0 N–H and O–H groups in total. The van der Waals surface area contributed by atoms with Crippen molar-refractivity contribution in [1.29, 1.82) is 0 Å². The number of carbonyl (C=O) groups is 1. The average Bonchev–Trinajstić information content (AvgIpc) is 2.16. The second-order valence-corrected chi connectivity index (χ2v) is 3.33. The standard InChI is InChI=1S/C10H16O3/c1-7-8(2)10(12-3,13-4)6-5-9(7)11/h5-6H2,1-4H3. The number of rotatable bonds is 2. The van der Waals surface area contributed by atoms with E-state index in [1.165, 1.54) is 0 Å². The van der Waals surface area contributed by atoms with Gasteiger partial charge in [0.2, 0.25) is 0 Å². The summed E-state index contributed by atoms with van der Waals surface area (Å²) in [6.07, 6.45) is 1.12. The monoisotopic (exact) mass is 184 g/mol. The summed E-state index contributed by atoms with van der Waals surface area (Å²) in [5, 5.41) is 0. The number of allylic oxidation sites excluding steroid dienone is 1. The van der Waals surface area contributed by atoms with E-state index in [0.717, 1.165) is 11.1 Å². The van der Waals surface area contributed by atoms with Gasteiger partial charge in [-0.3, -0.25) is 4.79 Å². The molecule has 0 saturated carbocycles. The SMILES string of the molecule is COC1(OC)CCC(=O)C(C)=C1C. The Bertz CT molecular complexity index is 249. The zero-order valence-electron chi connectivity index (χ0n) is 8.64. The molecule has 0 amide bonds. The summed E-state index contributed by atoms with van der Waals surface area (Å²) in [4.78, 5) is 11.4. The van der Waals surface area contributed by atoms with Gasteiger partial charge < -0.3 is 9.47 Å². The Hall–Kier alpha value is -0.670. The van der Waals surface area contributed by atoms with Gasteiger partial charge in [0.05, 0.1) is 0 Å². The van der Waals surface area contributed by atoms with E-state index in [2.05, 4.69) is 0 Å². The summed E-state index contributed by atoms with van der Waals surface area (Å²) in [6.45, 7) is 3.71. The molecule has 0 atom stereocenters. The van der Waals surface area contributed by atoms with Crippen LogP contribution >= 0.6 is 0 Å². The van der Waals surface area contributed by atoms with E-state index in [0.29, 0.717) is 12.8 Å². The highest BCUT2D eigenvalue weighted by atomic mass is 16.7. The topological polar surface area (TPSA) is 35.5 Å². The Morgan fingerprint density at radius 3 is 2.23 bits per heavy atom. The molecule has 0 saturated heterocycles. The van der Waals surface area contributed by atoms with Crippen molar-refractivity contribution in [2.24, 2.45) is 0 Å². The van der Waals surface area contributed by atoms with Crippen LogP contribution in [-0.4, -0.2) is 25.8 Å². The van der Waals surface area contributed by atoms with Crippen molar-refractivity contribution < 1.29 is 14.3 Å². The van der Waals surface area contributed by atoms with Crippen LogP contribution in [0.4, 0.5) is 0 Å². The number of ketones is 1. The number of Topliss-reactive ketones (excluding diaryl/α,β-unsaturated/α-hetero) is 1. The molecule has 0 radical (unpaired) electrons. The summed E-state index contributed by atoms with van der Waals surface area (Å²) in [5.41, 5.74) is 1.67. The van der Waals surface area contributed by atoms with Crippen molar-refractivity contribution in [3.05, 3.63) is 11.1 Å². The van der Waals surface area contributed by atoms with E-state index >= 15 is 0 Å². The summed E-state index contributed by atoms with van der Waals surface area (Å²) in [7, 11) is 3.21. The Morgan fingerprint density at radius 2 is 1.77 bits per heavy atom. The van der Waals surface area contributed by atoms with E-state index in [1.807, 2.05) is 13.8 Å². The molecule has 13 heavy (non-hydrogen) atoms. The fraction of sp³-hybridized carbons (Fsp3) is 0.700. The maximum atomic E-state index is 11.4. The number of carbonyl (C=O) groups excluding carboxylic acids is 1. The first kappa shape index (κ1) is 10.4. The van der Waals surface area contributed by atoms with Crippen LogP contribution in [0.2, 0.25) is 0 Å². The average molecular weight is 184 g/mol. The summed E-state index contributed by atoms with van der Waals surface area (Å²) < 4.78 is 10.7. The molecule has 0 spiro atoms. The third kappa shape index (κ3) is 1.54. The van der Waals surface area contributed by atoms with Gasteiger partial charge in [-0.05, 0) is 25.0 Å². The smallest absolute Gasteiger partial charge is 0.190 e. The summed E-state index contributed by atoms with van der Waals surface area (Å²) in [5.74, 6) is -0.472. The quantitative estimate of drug-likeness (QED) is 0.612. The second-order valence-electron chi connectivity index (χ2n) is 3.33. The zero-order valence-corrected chi connectivity index (χ0v) is 8.64. The first-order chi connectivity index (χ1) is 6.07. The lowest BCUT2D eigenvalue weighted by molar-refractivity contribution is -0.187. The van der Waals surface area contributed by atoms with Crippen LogP contribution in [0, 0.1) is 0 Å². The van der Waals surface area contributed by atoms with E-state index < -0.39 is 5.79 Å². The minimum Gasteiger partial charge on any atom is -0.349 e. The molecule has 0 bridgehead atoms. The number of hydrogen-bond acceptors (Lipinski definition) is 3. The molecular weight excluding hydrogens is 168 g/mol. The molecule has 74 valence electrons. The van der Waals surface area contributed by atoms with Crippen LogP contribution in [0.15, 0.2) is 11.1 Å². The highest BCUT2D eigenvalue weighted by molar-refractivity contribution is 5.96. The molecule has 1 aliphatic rings. The van der Waals surface area contributed by atoms with Crippen LogP contribution < -0.4 is 0 Å². The maximum Gasteiger partial charge on any atom is 0.190 e. The molecule has 0 aromatic rings. The molecule has 0 aromatic heterocycles. The molecule has 0 aliphatic heterocycles. The van der Waals surface area contributed by atoms with Gasteiger partial charge in [0, 0.05) is 27.1 Å². The Morgan fingerprint density at radius 1 is 1.23 bits per heavy atom. The minimum atomic E-state index is -0.669. The third-order valence-corrected chi connectivity index (χ3v) is 2.89. The lowest BCUT2D eigenvalue weighted by atomic mass is 9.87. The van der Waals surface area contributed by atoms with Crippen LogP contribution in [0.5, 0.6) is 0 Å². The van der Waals surface area contributed by atoms with Crippen molar-refractivity contribution in [1.82, 2.24) is 0 Å². The van der Waals surface area contributed by atoms with Crippen molar-refractivity contribution in [3.63, 3.8) is 0 Å². The fourth-order valence-electron chi connectivity index (χ4n) is 1.74. The normalized spacial score (nSPS) is 22.3. The molecular formula is C10H16O3. The highest BCUT2D eigenvalue weighted by Crippen LogP contribution is 2.34. The van der Waals surface area contributed by atoms with E-state index in [4.69, 9.17) is 9.47 Å². The van der Waals surface area contributed by atoms with Crippen LogP contribution in [0.1, 0.15) is 26.7 Å². The van der Waals surface area contributed by atoms with Crippen molar-refractivity contribution in [2.75, 3.05) is 14.2 Å². The second kappa shape index (κ2) is 3.60. The predicted octanol–water partition coefficient (Wildman–Crippen LogP) is 1.67. The largest absolute Gasteiger partial charge is 0.349 e. The first-order valence-electron chi connectivity index (χ1n) is 4.39. The molecule has 0 fully saturated rings. The van der Waals surface area contributed by atoms with Gasteiger partial charge in [0.15, 0.2) is 11.6 Å². The molecule has 0 heterocycles. The summed E-state index contributed by atoms with van der Waals surface area (Å²) >= 11 is 0. The van der Waals surface area contributed by atoms with Gasteiger partial charge in [0.25, 0.3) is 0 Å².